The van der Waals surface area contributed by atoms with Crippen molar-refractivity contribution >= 4 is 11.7 Å². The van der Waals surface area contributed by atoms with Crippen LogP contribution in [0.5, 0.6) is 0 Å². The number of hydrogen-bond donors (Lipinski definition) is 3. The maximum Gasteiger partial charge on any atom is 0.274 e. The molecule has 0 spiro atoms. The minimum atomic E-state index is -0.287. The Morgan fingerprint density at radius 2 is 2.05 bits per heavy atom. The first-order valence-corrected chi connectivity index (χ1v) is 6.48. The molecule has 1 aromatic rings. The summed E-state index contributed by atoms with van der Waals surface area (Å²) in [6.07, 6.45) is 5.85. The van der Waals surface area contributed by atoms with Crippen LogP contribution in [0.3, 0.4) is 0 Å². The summed E-state index contributed by atoms with van der Waals surface area (Å²) in [5.74, 6) is 5.52. The molecule has 0 saturated carbocycles. The van der Waals surface area contributed by atoms with Crippen molar-refractivity contribution in [3.63, 3.8) is 0 Å². The molecule has 102 valence electrons. The molecule has 7 heteroatoms. The minimum absolute atomic E-state index is 0.121. The first kappa shape index (κ1) is 12.3. The lowest BCUT2D eigenvalue weighted by molar-refractivity contribution is 0.0282. The average molecular weight is 263 g/mol. The van der Waals surface area contributed by atoms with E-state index in [1.165, 1.54) is 12.4 Å². The van der Waals surface area contributed by atoms with E-state index in [4.69, 9.17) is 5.84 Å². The van der Waals surface area contributed by atoms with E-state index < -0.39 is 0 Å². The van der Waals surface area contributed by atoms with Crippen molar-refractivity contribution in [1.82, 2.24) is 14.9 Å². The van der Waals surface area contributed by atoms with Gasteiger partial charge in [0.2, 0.25) is 0 Å². The van der Waals surface area contributed by atoms with Crippen LogP contribution >= 0.6 is 0 Å². The van der Waals surface area contributed by atoms with Crippen LogP contribution in [0.25, 0.3) is 0 Å². The van der Waals surface area contributed by atoms with Crippen LogP contribution in [0.1, 0.15) is 36.2 Å². The van der Waals surface area contributed by atoms with Gasteiger partial charge in [0.15, 0.2) is 5.82 Å². The number of nitrogens with two attached hydrogens (primary N) is 1. The number of piperidine rings is 1. The monoisotopic (exact) mass is 263 g/mol. The molecule has 0 aromatic carbocycles. The van der Waals surface area contributed by atoms with Crippen LogP contribution in [0.15, 0.2) is 12.4 Å². The number of nitrogens with one attached hydrogen (secondary N) is 1. The number of nitrogens with zero attached hydrogens (tertiary/aromatic N) is 3. The molecule has 0 aliphatic carbocycles. The van der Waals surface area contributed by atoms with Gasteiger partial charge in [0.05, 0.1) is 18.5 Å². The lowest BCUT2D eigenvalue weighted by atomic mass is 9.99. The van der Waals surface area contributed by atoms with Crippen molar-refractivity contribution in [3.05, 3.63) is 18.1 Å². The van der Waals surface area contributed by atoms with Crippen LogP contribution in [-0.2, 0) is 0 Å². The molecule has 2 atom stereocenters. The highest BCUT2D eigenvalue weighted by Gasteiger charge is 2.43. The van der Waals surface area contributed by atoms with Gasteiger partial charge in [0, 0.05) is 12.1 Å². The summed E-state index contributed by atoms with van der Waals surface area (Å²) in [5, 5.41) is 9.75. The van der Waals surface area contributed by atoms with Crippen molar-refractivity contribution in [2.45, 2.75) is 43.9 Å². The molecule has 2 bridgehead atoms. The third kappa shape index (κ3) is 2.15. The van der Waals surface area contributed by atoms with E-state index in [0.717, 1.165) is 12.8 Å². The van der Waals surface area contributed by atoms with Gasteiger partial charge in [-0.05, 0) is 25.7 Å². The predicted octanol–water partition coefficient (Wildman–Crippen LogP) is -0.110. The van der Waals surface area contributed by atoms with Crippen LogP contribution in [0.4, 0.5) is 5.82 Å². The first-order valence-electron chi connectivity index (χ1n) is 6.48. The number of fused-ring (bicyclic) bond motifs is 2. The zero-order valence-electron chi connectivity index (χ0n) is 10.5. The highest BCUT2D eigenvalue weighted by Crippen LogP contribution is 2.36. The Labute approximate surface area is 110 Å². The molecule has 2 aliphatic heterocycles. The summed E-state index contributed by atoms with van der Waals surface area (Å²) in [6, 6.07) is 0.245. The number of nitrogen functional groups attached to an aromatic ring is 1. The van der Waals surface area contributed by atoms with Gasteiger partial charge < -0.3 is 15.4 Å². The summed E-state index contributed by atoms with van der Waals surface area (Å²) < 4.78 is 0. The first-order chi connectivity index (χ1) is 9.19. The van der Waals surface area contributed by atoms with Crippen LogP contribution in [0, 0.1) is 0 Å². The summed E-state index contributed by atoms with van der Waals surface area (Å²) in [5.41, 5.74) is 2.68. The van der Waals surface area contributed by atoms with Crippen molar-refractivity contribution in [2.75, 3.05) is 5.43 Å². The molecule has 7 nitrogen and oxygen atoms in total. The van der Waals surface area contributed by atoms with Gasteiger partial charge in [0.1, 0.15) is 5.69 Å². The van der Waals surface area contributed by atoms with Gasteiger partial charge in [-0.2, -0.15) is 0 Å². The smallest absolute Gasteiger partial charge is 0.274 e. The molecule has 1 amide bonds. The number of carbonyl (C=O) groups excluding carboxylic acids is 1. The fourth-order valence-electron chi connectivity index (χ4n) is 3.15. The predicted molar refractivity (Wildman–Crippen MR) is 68.1 cm³/mol. The SMILES string of the molecule is NNc1cncc(C(=O)N2C3CCC2CC(O)C3)n1. The second kappa shape index (κ2) is 4.75. The van der Waals surface area contributed by atoms with E-state index >= 15 is 0 Å². The quantitative estimate of drug-likeness (QED) is 0.508. The molecule has 3 rings (SSSR count). The van der Waals surface area contributed by atoms with E-state index in [2.05, 4.69) is 15.4 Å². The van der Waals surface area contributed by atoms with E-state index in [1.807, 2.05) is 4.90 Å². The van der Waals surface area contributed by atoms with E-state index in [1.54, 1.807) is 0 Å². The molecule has 19 heavy (non-hydrogen) atoms. The fourth-order valence-corrected chi connectivity index (χ4v) is 3.15. The Balaban J connectivity index is 1.84. The summed E-state index contributed by atoms with van der Waals surface area (Å²) in [7, 11) is 0. The third-order valence-electron chi connectivity index (χ3n) is 3.94. The number of carbonyl (C=O) groups is 1. The van der Waals surface area contributed by atoms with Crippen molar-refractivity contribution in [1.29, 1.82) is 0 Å². The van der Waals surface area contributed by atoms with Gasteiger partial charge in [-0.15, -0.1) is 0 Å². The Hall–Kier alpha value is -1.73. The minimum Gasteiger partial charge on any atom is -0.393 e. The van der Waals surface area contributed by atoms with Gasteiger partial charge in [0.25, 0.3) is 5.91 Å². The zero-order chi connectivity index (χ0) is 13.4. The Morgan fingerprint density at radius 1 is 1.37 bits per heavy atom. The Bertz CT molecular complexity index is 481. The van der Waals surface area contributed by atoms with Gasteiger partial charge in [-0.25, -0.2) is 10.8 Å². The number of aromatic nitrogens is 2. The molecule has 2 saturated heterocycles. The Kier molecular flexibility index (Phi) is 3.08. The summed E-state index contributed by atoms with van der Waals surface area (Å²) in [6.45, 7) is 0. The molecular weight excluding hydrogens is 246 g/mol. The maximum absolute atomic E-state index is 12.5. The van der Waals surface area contributed by atoms with Crippen molar-refractivity contribution < 1.29 is 9.90 Å². The van der Waals surface area contributed by atoms with Crippen LogP contribution in [-0.4, -0.2) is 44.1 Å². The second-order valence-electron chi connectivity index (χ2n) is 5.16. The summed E-state index contributed by atoms with van der Waals surface area (Å²) in [4.78, 5) is 22.5. The van der Waals surface area contributed by atoms with Crippen LogP contribution < -0.4 is 11.3 Å². The molecular formula is C12H17N5O2. The molecule has 1 aromatic heterocycles. The highest BCUT2D eigenvalue weighted by atomic mass is 16.3. The number of aliphatic hydroxyl groups is 1. The molecule has 2 aliphatic rings. The third-order valence-corrected chi connectivity index (χ3v) is 3.94. The number of rotatable bonds is 2. The number of aliphatic hydroxyl groups excluding tert-OH is 1. The normalized spacial score (nSPS) is 29.4. The molecule has 3 heterocycles. The van der Waals surface area contributed by atoms with E-state index in [-0.39, 0.29) is 24.1 Å². The van der Waals surface area contributed by atoms with Gasteiger partial charge in [-0.3, -0.25) is 9.78 Å². The number of amides is 1. The average Bonchev–Trinajstić information content (AvgIpc) is 2.70. The standard InChI is InChI=1S/C12H17N5O2/c13-16-11-6-14-5-10(15-11)12(19)17-7-1-2-8(17)4-9(18)3-7/h5-9,18H,1-4,13H2,(H,15,16). The largest absolute Gasteiger partial charge is 0.393 e. The van der Waals surface area contributed by atoms with E-state index in [0.29, 0.717) is 24.4 Å². The fraction of sp³-hybridized carbons (Fsp3) is 0.583. The topological polar surface area (TPSA) is 104 Å². The van der Waals surface area contributed by atoms with Gasteiger partial charge >= 0.3 is 0 Å². The second-order valence-corrected chi connectivity index (χ2v) is 5.16. The summed E-state index contributed by atoms with van der Waals surface area (Å²) >= 11 is 0. The molecule has 4 N–H and O–H groups in total. The van der Waals surface area contributed by atoms with Crippen molar-refractivity contribution in [3.8, 4) is 0 Å². The zero-order valence-corrected chi connectivity index (χ0v) is 10.5. The molecule has 0 radical (unpaired) electrons. The van der Waals surface area contributed by atoms with E-state index in [9.17, 15) is 9.90 Å². The van der Waals surface area contributed by atoms with Crippen LogP contribution in [0.2, 0.25) is 0 Å². The van der Waals surface area contributed by atoms with Gasteiger partial charge in [-0.1, -0.05) is 0 Å². The lowest BCUT2D eigenvalue weighted by Crippen LogP contribution is -2.48. The Morgan fingerprint density at radius 3 is 2.68 bits per heavy atom. The number of hydrazine groups is 1. The number of anilines is 1. The molecule has 2 unspecified atom stereocenters. The lowest BCUT2D eigenvalue weighted by Gasteiger charge is -2.36. The maximum atomic E-state index is 12.5. The highest BCUT2D eigenvalue weighted by molar-refractivity contribution is 5.93. The van der Waals surface area contributed by atoms with Crippen molar-refractivity contribution in [2.24, 2.45) is 5.84 Å². The molecule has 2 fully saturated rings. The number of hydrogen-bond acceptors (Lipinski definition) is 6.